The number of carbonyl (C=O) groups excluding carboxylic acids is 1. The van der Waals surface area contributed by atoms with E-state index in [1.807, 2.05) is 0 Å². The summed E-state index contributed by atoms with van der Waals surface area (Å²) < 4.78 is 5.38. The Morgan fingerprint density at radius 1 is 1.25 bits per heavy atom. The van der Waals surface area contributed by atoms with Gasteiger partial charge in [0.05, 0.1) is 18.2 Å². The molecule has 1 aliphatic heterocycles. The maximum Gasteiger partial charge on any atom is 0.237 e. The predicted molar refractivity (Wildman–Crippen MR) is 62.2 cm³/mol. The summed E-state index contributed by atoms with van der Waals surface area (Å²) >= 11 is 0. The molecule has 4 heteroatoms. The van der Waals surface area contributed by atoms with E-state index in [0.717, 1.165) is 38.6 Å². The van der Waals surface area contributed by atoms with Crippen molar-refractivity contribution in [2.75, 3.05) is 13.7 Å². The van der Waals surface area contributed by atoms with Crippen LogP contribution in [0.1, 0.15) is 38.5 Å². The third-order valence-corrected chi connectivity index (χ3v) is 3.71. The van der Waals surface area contributed by atoms with Crippen LogP contribution in [0.2, 0.25) is 0 Å². The van der Waals surface area contributed by atoms with E-state index in [-0.39, 0.29) is 24.1 Å². The van der Waals surface area contributed by atoms with Crippen LogP contribution in [-0.4, -0.2) is 37.7 Å². The summed E-state index contributed by atoms with van der Waals surface area (Å²) in [6.45, 7) is 0.969. The van der Waals surface area contributed by atoms with Crippen molar-refractivity contribution in [1.29, 1.82) is 0 Å². The minimum atomic E-state index is 0.0202. The lowest BCUT2D eigenvalue weighted by atomic mass is 10.0. The van der Waals surface area contributed by atoms with Crippen LogP contribution >= 0.6 is 0 Å². The van der Waals surface area contributed by atoms with Gasteiger partial charge in [0.1, 0.15) is 0 Å². The van der Waals surface area contributed by atoms with E-state index in [1.165, 1.54) is 6.42 Å². The second kappa shape index (κ2) is 5.64. The van der Waals surface area contributed by atoms with Gasteiger partial charge in [-0.05, 0) is 38.6 Å². The molecule has 0 radical (unpaired) electrons. The van der Waals surface area contributed by atoms with Crippen LogP contribution in [0.5, 0.6) is 0 Å². The summed E-state index contributed by atoms with van der Waals surface area (Å²) in [5.41, 5.74) is 0. The highest BCUT2D eigenvalue weighted by Crippen LogP contribution is 2.21. The van der Waals surface area contributed by atoms with Gasteiger partial charge >= 0.3 is 0 Å². The third kappa shape index (κ3) is 2.74. The maximum absolute atomic E-state index is 12.0. The van der Waals surface area contributed by atoms with E-state index in [4.69, 9.17) is 4.74 Å². The average Bonchev–Trinajstić information content (AvgIpc) is 2.77. The van der Waals surface area contributed by atoms with Crippen LogP contribution in [-0.2, 0) is 9.53 Å². The smallest absolute Gasteiger partial charge is 0.237 e. The fourth-order valence-electron chi connectivity index (χ4n) is 2.73. The number of ether oxygens (including phenoxy) is 1. The highest BCUT2D eigenvalue weighted by molar-refractivity contribution is 5.82. The quantitative estimate of drug-likeness (QED) is 0.749. The van der Waals surface area contributed by atoms with Crippen LogP contribution in [0.25, 0.3) is 0 Å². The molecule has 3 atom stereocenters. The molecule has 2 N–H and O–H groups in total. The number of rotatable bonds is 3. The first-order valence-corrected chi connectivity index (χ1v) is 6.38. The van der Waals surface area contributed by atoms with Crippen LogP contribution in [0.15, 0.2) is 0 Å². The Labute approximate surface area is 97.1 Å². The van der Waals surface area contributed by atoms with Gasteiger partial charge in [-0.25, -0.2) is 0 Å². The first-order chi connectivity index (χ1) is 7.81. The van der Waals surface area contributed by atoms with E-state index in [9.17, 15) is 4.79 Å². The van der Waals surface area contributed by atoms with Gasteiger partial charge in [0.2, 0.25) is 5.91 Å². The van der Waals surface area contributed by atoms with Crippen molar-refractivity contribution in [2.45, 2.75) is 56.7 Å². The molecule has 2 fully saturated rings. The van der Waals surface area contributed by atoms with Gasteiger partial charge in [-0.2, -0.15) is 0 Å². The van der Waals surface area contributed by atoms with Gasteiger partial charge in [-0.1, -0.05) is 6.42 Å². The Kier molecular flexibility index (Phi) is 4.18. The van der Waals surface area contributed by atoms with Crippen LogP contribution < -0.4 is 10.6 Å². The number of carbonyl (C=O) groups is 1. The van der Waals surface area contributed by atoms with Crippen LogP contribution in [0.3, 0.4) is 0 Å². The molecular formula is C12H22N2O2. The van der Waals surface area contributed by atoms with Gasteiger partial charge in [-0.15, -0.1) is 0 Å². The normalized spacial score (nSPS) is 34.9. The molecule has 3 unspecified atom stereocenters. The number of methoxy groups -OCH3 is 1. The number of nitrogens with one attached hydrogen (secondary N) is 2. The van der Waals surface area contributed by atoms with E-state index >= 15 is 0 Å². The molecule has 0 aromatic rings. The Bertz CT molecular complexity index is 239. The SMILES string of the molecule is COC1CCCC1NC(=O)C1CCCCN1. The van der Waals surface area contributed by atoms with Gasteiger partial charge in [0, 0.05) is 7.11 Å². The Hall–Kier alpha value is -0.610. The zero-order valence-electron chi connectivity index (χ0n) is 10.00. The molecule has 0 aromatic carbocycles. The van der Waals surface area contributed by atoms with Crippen molar-refractivity contribution < 1.29 is 9.53 Å². The van der Waals surface area contributed by atoms with E-state index in [1.54, 1.807) is 7.11 Å². The summed E-state index contributed by atoms with van der Waals surface area (Å²) in [5.74, 6) is 0.161. The number of piperidine rings is 1. The molecule has 1 saturated carbocycles. The number of hydrogen-bond acceptors (Lipinski definition) is 3. The summed E-state index contributed by atoms with van der Waals surface area (Å²) in [6.07, 6.45) is 6.80. The summed E-state index contributed by atoms with van der Waals surface area (Å²) in [5, 5.41) is 6.40. The van der Waals surface area contributed by atoms with E-state index < -0.39 is 0 Å². The summed E-state index contributed by atoms with van der Waals surface area (Å²) in [6, 6.07) is 0.244. The van der Waals surface area contributed by atoms with Crippen molar-refractivity contribution in [3.63, 3.8) is 0 Å². The van der Waals surface area contributed by atoms with Gasteiger partial charge in [0.15, 0.2) is 0 Å². The largest absolute Gasteiger partial charge is 0.379 e. The number of hydrogen-bond donors (Lipinski definition) is 2. The first-order valence-electron chi connectivity index (χ1n) is 6.38. The molecule has 1 saturated heterocycles. The third-order valence-electron chi connectivity index (χ3n) is 3.71. The van der Waals surface area contributed by atoms with Gasteiger partial charge in [-0.3, -0.25) is 4.79 Å². The summed E-state index contributed by atoms with van der Waals surface area (Å²) in [4.78, 5) is 12.0. The molecule has 1 aliphatic carbocycles. The monoisotopic (exact) mass is 226 g/mol. The standard InChI is InChI=1S/C12H22N2O2/c1-16-11-7-4-6-9(11)14-12(15)10-5-2-3-8-13-10/h9-11,13H,2-8H2,1H3,(H,14,15). The average molecular weight is 226 g/mol. The molecular weight excluding hydrogens is 204 g/mol. The fraction of sp³-hybridized carbons (Fsp3) is 0.917. The molecule has 4 nitrogen and oxygen atoms in total. The highest BCUT2D eigenvalue weighted by atomic mass is 16.5. The Morgan fingerprint density at radius 2 is 2.12 bits per heavy atom. The number of amides is 1. The van der Waals surface area contributed by atoms with Gasteiger partial charge in [0.25, 0.3) is 0 Å². The van der Waals surface area contributed by atoms with Crippen LogP contribution in [0.4, 0.5) is 0 Å². The van der Waals surface area contributed by atoms with E-state index in [2.05, 4.69) is 10.6 Å². The van der Waals surface area contributed by atoms with Gasteiger partial charge < -0.3 is 15.4 Å². The van der Waals surface area contributed by atoms with Crippen molar-refractivity contribution >= 4 is 5.91 Å². The maximum atomic E-state index is 12.0. The predicted octanol–water partition coefficient (Wildman–Crippen LogP) is 0.812. The fourth-order valence-corrected chi connectivity index (χ4v) is 2.73. The molecule has 1 heterocycles. The van der Waals surface area contributed by atoms with Crippen molar-refractivity contribution in [2.24, 2.45) is 0 Å². The minimum absolute atomic E-state index is 0.0202. The summed E-state index contributed by atoms with van der Waals surface area (Å²) in [7, 11) is 1.73. The molecule has 2 aliphatic rings. The van der Waals surface area contributed by atoms with E-state index in [0.29, 0.717) is 0 Å². The lowest BCUT2D eigenvalue weighted by Gasteiger charge is -2.26. The Balaban J connectivity index is 1.81. The zero-order chi connectivity index (χ0) is 11.4. The lowest BCUT2D eigenvalue weighted by molar-refractivity contribution is -0.125. The minimum Gasteiger partial charge on any atom is -0.379 e. The molecule has 0 aromatic heterocycles. The van der Waals surface area contributed by atoms with Crippen molar-refractivity contribution in [3.8, 4) is 0 Å². The first kappa shape index (κ1) is 11.9. The molecule has 92 valence electrons. The Morgan fingerprint density at radius 3 is 2.81 bits per heavy atom. The zero-order valence-corrected chi connectivity index (χ0v) is 10.00. The van der Waals surface area contributed by atoms with Crippen LogP contribution in [0, 0.1) is 0 Å². The molecule has 1 amide bonds. The van der Waals surface area contributed by atoms with Crippen molar-refractivity contribution in [1.82, 2.24) is 10.6 Å². The topological polar surface area (TPSA) is 50.4 Å². The second-order valence-corrected chi connectivity index (χ2v) is 4.82. The molecule has 0 spiro atoms. The second-order valence-electron chi connectivity index (χ2n) is 4.82. The molecule has 2 rings (SSSR count). The lowest BCUT2D eigenvalue weighted by Crippen LogP contribution is -2.51. The highest BCUT2D eigenvalue weighted by Gasteiger charge is 2.30. The molecule has 0 bridgehead atoms. The van der Waals surface area contributed by atoms with Crippen molar-refractivity contribution in [3.05, 3.63) is 0 Å². The molecule has 16 heavy (non-hydrogen) atoms.